The molecule has 0 bridgehead atoms. The average Bonchev–Trinajstić information content (AvgIpc) is 3.17. The molecule has 7 heteroatoms. The molecule has 2 aromatic carbocycles. The number of benzene rings is 2. The molecule has 170 valence electrons. The van der Waals surface area contributed by atoms with Crippen molar-refractivity contribution in [2.24, 2.45) is 5.73 Å². The van der Waals surface area contributed by atoms with Crippen LogP contribution < -0.4 is 15.8 Å². The van der Waals surface area contributed by atoms with Crippen molar-refractivity contribution in [3.63, 3.8) is 0 Å². The lowest BCUT2D eigenvalue weighted by atomic mass is 9.82. The van der Waals surface area contributed by atoms with E-state index >= 15 is 0 Å². The molecule has 3 aliphatic rings. The van der Waals surface area contributed by atoms with Crippen molar-refractivity contribution in [1.29, 1.82) is 0 Å². The van der Waals surface area contributed by atoms with Gasteiger partial charge in [-0.3, -0.25) is 14.6 Å². The number of carbonyl (C=O) groups excluding carboxylic acids is 2. The number of rotatable bonds is 2. The third-order valence-electron chi connectivity index (χ3n) is 7.22. The van der Waals surface area contributed by atoms with Crippen LogP contribution in [0, 0.1) is 13.8 Å². The maximum Gasteiger partial charge on any atom is 0.270 e. The number of hydrogen-bond donors (Lipinski definition) is 3. The third-order valence-corrected chi connectivity index (χ3v) is 7.22. The fourth-order valence-electron chi connectivity index (χ4n) is 5.32. The molecule has 1 saturated carbocycles. The number of aryl methyl sites for hydroxylation is 2. The van der Waals surface area contributed by atoms with Crippen LogP contribution in [0.15, 0.2) is 71.6 Å². The topological polar surface area (TPSA) is 115 Å². The molecule has 1 amide bonds. The number of Topliss-reactive ketones (excluding diaryl/α,β-unsaturated/α-hetero) is 1. The molecule has 2 heterocycles. The van der Waals surface area contributed by atoms with Crippen LogP contribution in [0.3, 0.4) is 0 Å². The number of amides is 1. The second kappa shape index (κ2) is 6.77. The number of carbonyl (C=O) groups is 2. The van der Waals surface area contributed by atoms with Crippen LogP contribution in [0.1, 0.15) is 39.9 Å². The summed E-state index contributed by atoms with van der Waals surface area (Å²) >= 11 is 0. The Hall–Kier alpha value is -3.97. The van der Waals surface area contributed by atoms with E-state index in [2.05, 4.69) is 10.3 Å². The number of allylic oxidation sites excluding steroid dienone is 2. The molecule has 2 aliphatic carbocycles. The zero-order chi connectivity index (χ0) is 23.8. The largest absolute Gasteiger partial charge is 0.454 e. The molecular weight excluding hydrogens is 430 g/mol. The molecular formula is C27H23N3O4. The van der Waals surface area contributed by atoms with Gasteiger partial charge in [-0.25, -0.2) is 0 Å². The van der Waals surface area contributed by atoms with E-state index in [0.717, 1.165) is 22.0 Å². The van der Waals surface area contributed by atoms with Crippen molar-refractivity contribution in [3.8, 4) is 5.75 Å². The first kappa shape index (κ1) is 20.6. The van der Waals surface area contributed by atoms with Crippen molar-refractivity contribution < 1.29 is 19.4 Å². The van der Waals surface area contributed by atoms with E-state index in [-0.39, 0.29) is 5.57 Å². The Morgan fingerprint density at radius 2 is 1.97 bits per heavy atom. The molecule has 34 heavy (non-hydrogen) atoms. The maximum absolute atomic E-state index is 14.1. The number of fused-ring (bicyclic) bond motifs is 6. The van der Waals surface area contributed by atoms with Gasteiger partial charge in [0.1, 0.15) is 5.75 Å². The minimum atomic E-state index is -2.10. The van der Waals surface area contributed by atoms with Crippen LogP contribution in [0.4, 0.5) is 0 Å². The van der Waals surface area contributed by atoms with Crippen molar-refractivity contribution in [1.82, 2.24) is 10.3 Å². The third kappa shape index (κ3) is 2.47. The lowest BCUT2D eigenvalue weighted by molar-refractivity contribution is -0.152. The molecule has 2 atom stereocenters. The Kier molecular flexibility index (Phi) is 4.11. The Morgan fingerprint density at radius 3 is 2.79 bits per heavy atom. The number of ether oxygens (including phenoxy) is 1. The molecule has 3 aromatic rings. The lowest BCUT2D eigenvalue weighted by Gasteiger charge is -2.34. The van der Waals surface area contributed by atoms with Gasteiger partial charge >= 0.3 is 0 Å². The molecule has 0 saturated heterocycles. The Labute approximate surface area is 195 Å². The van der Waals surface area contributed by atoms with Crippen LogP contribution in [0.25, 0.3) is 10.9 Å². The summed E-state index contributed by atoms with van der Waals surface area (Å²) in [5.41, 5.74) is 8.72. The highest BCUT2D eigenvalue weighted by molar-refractivity contribution is 6.16. The summed E-state index contributed by atoms with van der Waals surface area (Å²) in [6, 6.07) is 12.4. The highest BCUT2D eigenvalue weighted by Crippen LogP contribution is 2.59. The van der Waals surface area contributed by atoms with Crippen molar-refractivity contribution in [2.75, 3.05) is 0 Å². The molecule has 1 aromatic heterocycles. The molecule has 0 spiro atoms. The van der Waals surface area contributed by atoms with Gasteiger partial charge in [0, 0.05) is 39.6 Å². The molecule has 1 aliphatic heterocycles. The maximum atomic E-state index is 14.1. The lowest BCUT2D eigenvalue weighted by Crippen LogP contribution is -2.62. The first-order valence-corrected chi connectivity index (χ1v) is 11.2. The van der Waals surface area contributed by atoms with Crippen LogP contribution in [0.2, 0.25) is 0 Å². The summed E-state index contributed by atoms with van der Waals surface area (Å²) in [4.78, 5) is 31.9. The number of pyridine rings is 1. The normalized spacial score (nSPS) is 24.9. The van der Waals surface area contributed by atoms with Gasteiger partial charge in [0.05, 0.1) is 5.52 Å². The summed E-state index contributed by atoms with van der Waals surface area (Å²) in [6.45, 7) is 3.84. The molecule has 2 unspecified atom stereocenters. The zero-order valence-corrected chi connectivity index (χ0v) is 18.8. The van der Waals surface area contributed by atoms with Crippen LogP contribution in [-0.4, -0.2) is 27.6 Å². The molecule has 7 nitrogen and oxygen atoms in total. The number of nitrogens with one attached hydrogen (secondary N) is 1. The highest BCUT2D eigenvalue weighted by atomic mass is 16.6. The monoisotopic (exact) mass is 453 g/mol. The van der Waals surface area contributed by atoms with Crippen LogP contribution >= 0.6 is 0 Å². The van der Waals surface area contributed by atoms with Crippen molar-refractivity contribution in [3.05, 3.63) is 93.8 Å². The minimum absolute atomic E-state index is 0.237. The number of aromatic nitrogens is 1. The summed E-state index contributed by atoms with van der Waals surface area (Å²) < 4.78 is 6.10. The Balaban J connectivity index is 1.56. The van der Waals surface area contributed by atoms with Gasteiger partial charge in [0.2, 0.25) is 11.3 Å². The summed E-state index contributed by atoms with van der Waals surface area (Å²) in [5.74, 6) is -2.70. The smallest absolute Gasteiger partial charge is 0.270 e. The van der Waals surface area contributed by atoms with E-state index in [1.807, 2.05) is 19.9 Å². The standard InChI is InChI=1S/C27H23N3O4/c1-14-11-19-22(12-15(14)2)34-27(33)18-6-3-7-20(28)23(18)24(31)26(19,27)30-25(32)17-8-9-21-16(13-17)5-4-10-29-21/h4-6,8-13,33H,3,7,28H2,1-2H3,(H,30,32). The summed E-state index contributed by atoms with van der Waals surface area (Å²) in [6.07, 6.45) is 4.54. The van der Waals surface area contributed by atoms with E-state index in [1.165, 1.54) is 0 Å². The molecule has 1 fully saturated rings. The molecule has 4 N–H and O–H groups in total. The van der Waals surface area contributed by atoms with Crippen molar-refractivity contribution in [2.45, 2.75) is 38.0 Å². The minimum Gasteiger partial charge on any atom is -0.454 e. The fraction of sp³-hybridized carbons (Fsp3) is 0.222. The number of aliphatic hydroxyl groups is 1. The first-order valence-electron chi connectivity index (χ1n) is 11.2. The van der Waals surface area contributed by atoms with Gasteiger partial charge in [0.15, 0.2) is 0 Å². The van der Waals surface area contributed by atoms with Gasteiger partial charge in [-0.05, 0) is 74.2 Å². The van der Waals surface area contributed by atoms with Crippen LogP contribution in [0.5, 0.6) is 5.75 Å². The summed E-state index contributed by atoms with van der Waals surface area (Å²) in [7, 11) is 0. The average molecular weight is 453 g/mol. The number of nitrogens with two attached hydrogens (primary N) is 1. The van der Waals surface area contributed by atoms with E-state index < -0.39 is 23.0 Å². The van der Waals surface area contributed by atoms with Crippen molar-refractivity contribution >= 4 is 22.6 Å². The Bertz CT molecular complexity index is 1500. The van der Waals surface area contributed by atoms with Gasteiger partial charge in [-0.2, -0.15) is 0 Å². The fourth-order valence-corrected chi connectivity index (χ4v) is 5.32. The predicted octanol–water partition coefficient (Wildman–Crippen LogP) is 3.07. The molecule has 6 rings (SSSR count). The van der Waals surface area contributed by atoms with Crippen LogP contribution in [-0.2, 0) is 10.3 Å². The quantitative estimate of drug-likeness (QED) is 0.549. The SMILES string of the molecule is Cc1cc2c(cc1C)C1(NC(=O)c3ccc4ncccc4c3)C(=O)C3=C(N)CCC=C3C1(O)O2. The van der Waals surface area contributed by atoms with E-state index in [0.29, 0.717) is 41.0 Å². The van der Waals surface area contributed by atoms with Gasteiger partial charge in [-0.15, -0.1) is 0 Å². The predicted molar refractivity (Wildman–Crippen MR) is 126 cm³/mol. The van der Waals surface area contributed by atoms with Gasteiger partial charge in [0.25, 0.3) is 11.7 Å². The van der Waals surface area contributed by atoms with Gasteiger partial charge < -0.3 is 20.9 Å². The van der Waals surface area contributed by atoms with E-state index in [4.69, 9.17) is 10.5 Å². The van der Waals surface area contributed by atoms with Gasteiger partial charge in [-0.1, -0.05) is 12.1 Å². The van der Waals surface area contributed by atoms with E-state index in [1.54, 1.807) is 48.7 Å². The number of hydrogen-bond acceptors (Lipinski definition) is 6. The molecule has 0 radical (unpaired) electrons. The van der Waals surface area contributed by atoms with E-state index in [9.17, 15) is 14.7 Å². The number of nitrogens with zero attached hydrogens (tertiary/aromatic N) is 1. The first-order chi connectivity index (χ1) is 16.3. The second-order valence-corrected chi connectivity index (χ2v) is 9.18. The summed E-state index contributed by atoms with van der Waals surface area (Å²) in [5, 5.41) is 15.7. The number of ketones is 1. The zero-order valence-electron chi connectivity index (χ0n) is 18.8. The second-order valence-electron chi connectivity index (χ2n) is 9.18. The highest BCUT2D eigenvalue weighted by Gasteiger charge is 2.74. The Morgan fingerprint density at radius 1 is 1.18 bits per heavy atom.